The molecule has 1 atom stereocenters. The molecule has 0 aliphatic carbocycles. The zero-order valence-corrected chi connectivity index (χ0v) is 13.9. The van der Waals surface area contributed by atoms with Crippen molar-refractivity contribution in [2.45, 2.75) is 33.0 Å². The fourth-order valence-electron chi connectivity index (χ4n) is 2.13. The van der Waals surface area contributed by atoms with Crippen molar-refractivity contribution in [3.05, 3.63) is 59.5 Å². The highest BCUT2D eigenvalue weighted by atomic mass is 16.5. The van der Waals surface area contributed by atoms with Crippen LogP contribution in [0.4, 0.5) is 0 Å². The molecule has 0 saturated heterocycles. The summed E-state index contributed by atoms with van der Waals surface area (Å²) in [5.74, 6) is -0.591. The molecular formula is C18H22N2O4. The molecule has 2 aromatic rings. The molecule has 0 bridgehead atoms. The maximum Gasteiger partial charge on any atom is 0.255 e. The fourth-order valence-corrected chi connectivity index (χ4v) is 2.13. The molecule has 0 fully saturated rings. The summed E-state index contributed by atoms with van der Waals surface area (Å²) >= 11 is 0. The molecule has 1 heterocycles. The first-order valence-corrected chi connectivity index (χ1v) is 7.86. The summed E-state index contributed by atoms with van der Waals surface area (Å²) in [4.78, 5) is 24.0. The molecule has 0 spiro atoms. The molecule has 24 heavy (non-hydrogen) atoms. The molecule has 0 aliphatic heterocycles. The lowest BCUT2D eigenvalue weighted by Gasteiger charge is -2.14. The van der Waals surface area contributed by atoms with Crippen molar-refractivity contribution in [2.24, 2.45) is 0 Å². The van der Waals surface area contributed by atoms with E-state index in [9.17, 15) is 9.59 Å². The van der Waals surface area contributed by atoms with Crippen molar-refractivity contribution in [3.8, 4) is 0 Å². The second-order valence-corrected chi connectivity index (χ2v) is 5.38. The molecule has 1 aromatic carbocycles. The van der Waals surface area contributed by atoms with Crippen LogP contribution in [0, 0.1) is 0 Å². The van der Waals surface area contributed by atoms with Gasteiger partial charge in [-0.25, -0.2) is 0 Å². The Labute approximate surface area is 141 Å². The van der Waals surface area contributed by atoms with E-state index in [0.29, 0.717) is 25.3 Å². The summed E-state index contributed by atoms with van der Waals surface area (Å²) in [6.45, 7) is 5.19. The maximum absolute atomic E-state index is 12.1. The maximum atomic E-state index is 12.1. The zero-order chi connectivity index (χ0) is 17.4. The van der Waals surface area contributed by atoms with Gasteiger partial charge < -0.3 is 19.8 Å². The van der Waals surface area contributed by atoms with E-state index in [4.69, 9.17) is 9.15 Å². The lowest BCUT2D eigenvalue weighted by atomic mass is 10.1. The number of hydrogen-bond donors (Lipinski definition) is 2. The van der Waals surface area contributed by atoms with Gasteiger partial charge in [0, 0.05) is 13.2 Å². The Bertz CT molecular complexity index is 667. The Kier molecular flexibility index (Phi) is 6.57. The first-order chi connectivity index (χ1) is 11.6. The first kappa shape index (κ1) is 17.7. The molecule has 0 aliphatic rings. The smallest absolute Gasteiger partial charge is 0.255 e. The van der Waals surface area contributed by atoms with Gasteiger partial charge in [0.15, 0.2) is 0 Å². The monoisotopic (exact) mass is 330 g/mol. The van der Waals surface area contributed by atoms with Crippen molar-refractivity contribution in [2.75, 3.05) is 6.61 Å². The van der Waals surface area contributed by atoms with Crippen LogP contribution in [0.5, 0.6) is 0 Å². The molecule has 1 aromatic heterocycles. The summed E-state index contributed by atoms with van der Waals surface area (Å²) in [5, 5.41) is 5.44. The zero-order valence-electron chi connectivity index (χ0n) is 13.9. The van der Waals surface area contributed by atoms with Crippen molar-refractivity contribution in [1.29, 1.82) is 0 Å². The number of benzene rings is 1. The number of carbonyl (C=O) groups excluding carboxylic acids is 2. The second kappa shape index (κ2) is 8.88. The minimum absolute atomic E-state index is 0.248. The molecule has 2 N–H and O–H groups in total. The van der Waals surface area contributed by atoms with E-state index in [2.05, 4.69) is 10.6 Å². The number of furan rings is 1. The Hall–Kier alpha value is -2.60. The van der Waals surface area contributed by atoms with Crippen LogP contribution in [0.3, 0.4) is 0 Å². The average molecular weight is 330 g/mol. The second-order valence-electron chi connectivity index (χ2n) is 5.38. The Balaban J connectivity index is 1.82. The summed E-state index contributed by atoms with van der Waals surface area (Å²) in [5.41, 5.74) is 2.43. The van der Waals surface area contributed by atoms with E-state index >= 15 is 0 Å². The number of carbonyl (C=O) groups is 2. The summed E-state index contributed by atoms with van der Waals surface area (Å²) in [6.07, 6.45) is 2.75. The Morgan fingerprint density at radius 3 is 2.75 bits per heavy atom. The van der Waals surface area contributed by atoms with Crippen LogP contribution in [0.2, 0.25) is 0 Å². The third-order valence-corrected chi connectivity index (χ3v) is 3.46. The summed E-state index contributed by atoms with van der Waals surface area (Å²) < 4.78 is 10.2. The van der Waals surface area contributed by atoms with Gasteiger partial charge in [0.1, 0.15) is 12.3 Å². The largest absolute Gasteiger partial charge is 0.472 e. The lowest BCUT2D eigenvalue weighted by molar-refractivity contribution is -0.122. The molecule has 0 unspecified atom stereocenters. The topological polar surface area (TPSA) is 80.6 Å². The van der Waals surface area contributed by atoms with Gasteiger partial charge in [-0.05, 0) is 31.0 Å². The number of hydrogen-bond acceptors (Lipinski definition) is 4. The van der Waals surface area contributed by atoms with Crippen LogP contribution in [-0.4, -0.2) is 24.5 Å². The van der Waals surface area contributed by atoms with Gasteiger partial charge in [-0.2, -0.15) is 0 Å². The molecule has 2 rings (SSSR count). The molecule has 128 valence electrons. The predicted molar refractivity (Wildman–Crippen MR) is 89.3 cm³/mol. The minimum atomic E-state index is -0.640. The van der Waals surface area contributed by atoms with Crippen LogP contribution >= 0.6 is 0 Å². The number of nitrogens with one attached hydrogen (secondary N) is 2. The van der Waals surface area contributed by atoms with Crippen LogP contribution in [0.15, 0.2) is 47.3 Å². The van der Waals surface area contributed by atoms with Crippen LogP contribution < -0.4 is 10.6 Å². The van der Waals surface area contributed by atoms with Gasteiger partial charge in [-0.3, -0.25) is 9.59 Å². The molecule has 0 saturated carbocycles. The van der Waals surface area contributed by atoms with Gasteiger partial charge >= 0.3 is 0 Å². The normalized spacial score (nSPS) is 11.8. The molecular weight excluding hydrogens is 308 g/mol. The van der Waals surface area contributed by atoms with Crippen LogP contribution in [0.25, 0.3) is 0 Å². The van der Waals surface area contributed by atoms with Gasteiger partial charge in [0.2, 0.25) is 5.91 Å². The SMILES string of the molecule is CCOCc1cccc(CNC(=O)[C@@H](C)NC(=O)c2ccoc2)c1. The Morgan fingerprint density at radius 2 is 2.04 bits per heavy atom. The quantitative estimate of drug-likeness (QED) is 0.778. The fraction of sp³-hybridized carbons (Fsp3) is 0.333. The van der Waals surface area contributed by atoms with Crippen molar-refractivity contribution in [1.82, 2.24) is 10.6 Å². The molecule has 6 nitrogen and oxygen atoms in total. The Morgan fingerprint density at radius 1 is 1.25 bits per heavy atom. The summed E-state index contributed by atoms with van der Waals surface area (Å²) in [7, 11) is 0. The van der Waals surface area contributed by atoms with Gasteiger partial charge in [0.05, 0.1) is 18.4 Å². The summed E-state index contributed by atoms with van der Waals surface area (Å²) in [6, 6.07) is 8.74. The molecule has 0 radical (unpaired) electrons. The van der Waals surface area contributed by atoms with Gasteiger partial charge in [-0.15, -0.1) is 0 Å². The highest BCUT2D eigenvalue weighted by Gasteiger charge is 2.16. The third kappa shape index (κ3) is 5.24. The molecule has 2 amide bonds. The van der Waals surface area contributed by atoms with E-state index in [1.165, 1.54) is 12.5 Å². The third-order valence-electron chi connectivity index (χ3n) is 3.46. The number of rotatable bonds is 8. The van der Waals surface area contributed by atoms with E-state index in [1.54, 1.807) is 13.0 Å². The first-order valence-electron chi connectivity index (χ1n) is 7.86. The van der Waals surface area contributed by atoms with Crippen molar-refractivity contribution < 1.29 is 18.7 Å². The predicted octanol–water partition coefficient (Wildman–Crippen LogP) is 2.25. The molecule has 6 heteroatoms. The van der Waals surface area contributed by atoms with Crippen molar-refractivity contribution >= 4 is 11.8 Å². The lowest BCUT2D eigenvalue weighted by Crippen LogP contribution is -2.44. The standard InChI is InChI=1S/C18H22N2O4/c1-3-23-11-15-6-4-5-14(9-15)10-19-17(21)13(2)20-18(22)16-7-8-24-12-16/h4-9,12-13H,3,10-11H2,1-2H3,(H,19,21)(H,20,22)/t13-/m1/s1. The number of amides is 2. The van der Waals surface area contributed by atoms with Crippen LogP contribution in [0.1, 0.15) is 35.3 Å². The number of ether oxygens (including phenoxy) is 1. The van der Waals surface area contributed by atoms with E-state index in [1.807, 2.05) is 31.2 Å². The average Bonchev–Trinajstić information content (AvgIpc) is 3.13. The van der Waals surface area contributed by atoms with Crippen LogP contribution in [-0.2, 0) is 22.7 Å². The highest BCUT2D eigenvalue weighted by molar-refractivity contribution is 5.97. The van der Waals surface area contributed by atoms with E-state index in [-0.39, 0.29) is 11.8 Å². The highest BCUT2D eigenvalue weighted by Crippen LogP contribution is 2.07. The minimum Gasteiger partial charge on any atom is -0.472 e. The van der Waals surface area contributed by atoms with Crippen molar-refractivity contribution in [3.63, 3.8) is 0 Å². The van der Waals surface area contributed by atoms with Gasteiger partial charge in [0.25, 0.3) is 5.91 Å². The van der Waals surface area contributed by atoms with Gasteiger partial charge in [-0.1, -0.05) is 24.3 Å². The van der Waals surface area contributed by atoms with E-state index < -0.39 is 6.04 Å². The van der Waals surface area contributed by atoms with E-state index in [0.717, 1.165) is 11.1 Å².